The highest BCUT2D eigenvalue weighted by Crippen LogP contribution is 2.36. The lowest BCUT2D eigenvalue weighted by Crippen LogP contribution is -2.53. The van der Waals surface area contributed by atoms with Gasteiger partial charge in [-0.25, -0.2) is 0 Å². The maximum Gasteiger partial charge on any atom is 0.0504 e. The zero-order chi connectivity index (χ0) is 13.3. The van der Waals surface area contributed by atoms with Crippen LogP contribution in [0.4, 0.5) is 0 Å². The summed E-state index contributed by atoms with van der Waals surface area (Å²) in [6, 6.07) is 9.12. The number of nitrogens with zero attached hydrogens (tertiary/aromatic N) is 1. The van der Waals surface area contributed by atoms with Crippen LogP contribution in [-0.2, 0) is 0 Å². The van der Waals surface area contributed by atoms with E-state index in [1.54, 1.807) is 0 Å². The third kappa shape index (κ3) is 2.95. The number of hydrogen-bond donors (Lipinski definition) is 1. The van der Waals surface area contributed by atoms with Gasteiger partial charge in [0.1, 0.15) is 0 Å². The van der Waals surface area contributed by atoms with Crippen LogP contribution < -0.4 is 5.73 Å². The summed E-state index contributed by atoms with van der Waals surface area (Å²) >= 11 is 3.56. The molecule has 3 heteroatoms. The zero-order valence-electron chi connectivity index (χ0n) is 11.5. The molecule has 0 bridgehead atoms. The Hall–Kier alpha value is -0.380. The lowest BCUT2D eigenvalue weighted by molar-refractivity contribution is 0.0384. The van der Waals surface area contributed by atoms with Crippen molar-refractivity contribution in [2.45, 2.75) is 51.2 Å². The van der Waals surface area contributed by atoms with E-state index in [-0.39, 0.29) is 11.6 Å². The summed E-state index contributed by atoms with van der Waals surface area (Å²) in [6.07, 6.45) is 2.31. The Morgan fingerprint density at radius 2 is 2.06 bits per heavy atom. The fourth-order valence-corrected chi connectivity index (χ4v) is 3.31. The van der Waals surface area contributed by atoms with Gasteiger partial charge < -0.3 is 5.73 Å². The molecule has 18 heavy (non-hydrogen) atoms. The topological polar surface area (TPSA) is 29.3 Å². The molecular weight excluding hydrogens is 288 g/mol. The second-order valence-electron chi connectivity index (χ2n) is 6.17. The van der Waals surface area contributed by atoms with Crippen molar-refractivity contribution in [3.63, 3.8) is 0 Å². The van der Waals surface area contributed by atoms with E-state index in [1.807, 2.05) is 0 Å². The van der Waals surface area contributed by atoms with Crippen LogP contribution in [0, 0.1) is 0 Å². The van der Waals surface area contributed by atoms with Gasteiger partial charge in [0.15, 0.2) is 0 Å². The van der Waals surface area contributed by atoms with E-state index in [2.05, 4.69) is 65.9 Å². The standard InChI is InChI=1S/C15H23BrN2/c1-15(2,3)18-9-5-8-13(17)14(18)11-6-4-7-12(16)10-11/h4,6-7,10,13-14H,5,8-9,17H2,1-3H3. The van der Waals surface area contributed by atoms with Gasteiger partial charge in [-0.2, -0.15) is 0 Å². The van der Waals surface area contributed by atoms with Crippen LogP contribution in [0.1, 0.15) is 45.2 Å². The third-order valence-corrected chi connectivity index (χ3v) is 4.22. The van der Waals surface area contributed by atoms with Crippen molar-refractivity contribution in [3.8, 4) is 0 Å². The lowest BCUT2D eigenvalue weighted by atomic mass is 9.87. The van der Waals surface area contributed by atoms with Gasteiger partial charge in [0.2, 0.25) is 0 Å². The molecular formula is C15H23BrN2. The van der Waals surface area contributed by atoms with Gasteiger partial charge in [-0.05, 0) is 57.9 Å². The molecule has 2 atom stereocenters. The first-order valence-corrected chi connectivity index (χ1v) is 7.46. The SMILES string of the molecule is CC(C)(C)N1CCCC(N)C1c1cccc(Br)c1. The van der Waals surface area contributed by atoms with E-state index in [1.165, 1.54) is 12.0 Å². The van der Waals surface area contributed by atoms with E-state index >= 15 is 0 Å². The van der Waals surface area contributed by atoms with Crippen molar-refractivity contribution >= 4 is 15.9 Å². The number of piperidine rings is 1. The van der Waals surface area contributed by atoms with E-state index < -0.39 is 0 Å². The molecule has 2 unspecified atom stereocenters. The van der Waals surface area contributed by atoms with Crippen molar-refractivity contribution < 1.29 is 0 Å². The van der Waals surface area contributed by atoms with Gasteiger partial charge in [0, 0.05) is 16.1 Å². The molecule has 0 amide bonds. The summed E-state index contributed by atoms with van der Waals surface area (Å²) in [5.41, 5.74) is 7.87. The van der Waals surface area contributed by atoms with E-state index in [0.29, 0.717) is 6.04 Å². The Kier molecular flexibility index (Phi) is 4.15. The molecule has 100 valence electrons. The average molecular weight is 311 g/mol. The fourth-order valence-electron chi connectivity index (χ4n) is 2.90. The molecule has 1 heterocycles. The highest BCUT2D eigenvalue weighted by atomic mass is 79.9. The van der Waals surface area contributed by atoms with Crippen molar-refractivity contribution in [3.05, 3.63) is 34.3 Å². The molecule has 2 N–H and O–H groups in total. The predicted molar refractivity (Wildman–Crippen MR) is 80.6 cm³/mol. The van der Waals surface area contributed by atoms with Crippen LogP contribution in [0.15, 0.2) is 28.7 Å². The van der Waals surface area contributed by atoms with Crippen LogP contribution in [0.25, 0.3) is 0 Å². The summed E-state index contributed by atoms with van der Waals surface area (Å²) in [5.74, 6) is 0. The summed E-state index contributed by atoms with van der Waals surface area (Å²) in [6.45, 7) is 7.95. The highest BCUT2D eigenvalue weighted by Gasteiger charge is 2.36. The smallest absolute Gasteiger partial charge is 0.0504 e. The molecule has 2 rings (SSSR count). The van der Waals surface area contributed by atoms with Crippen molar-refractivity contribution in [2.24, 2.45) is 5.73 Å². The summed E-state index contributed by atoms with van der Waals surface area (Å²) in [5, 5.41) is 0. The van der Waals surface area contributed by atoms with Crippen LogP contribution >= 0.6 is 15.9 Å². The molecule has 1 aliphatic rings. The van der Waals surface area contributed by atoms with Gasteiger partial charge in [-0.1, -0.05) is 28.1 Å². The predicted octanol–water partition coefficient (Wildman–Crippen LogP) is 3.71. The monoisotopic (exact) mass is 310 g/mol. The van der Waals surface area contributed by atoms with Crippen molar-refractivity contribution in [1.29, 1.82) is 0 Å². The number of likely N-dealkylation sites (tertiary alicyclic amines) is 1. The Morgan fingerprint density at radius 3 is 2.67 bits per heavy atom. The number of hydrogen-bond acceptors (Lipinski definition) is 2. The maximum absolute atomic E-state index is 6.39. The van der Waals surface area contributed by atoms with Gasteiger partial charge in [-0.3, -0.25) is 4.90 Å². The van der Waals surface area contributed by atoms with E-state index in [9.17, 15) is 0 Å². The summed E-state index contributed by atoms with van der Waals surface area (Å²) < 4.78 is 1.13. The third-order valence-electron chi connectivity index (χ3n) is 3.73. The minimum absolute atomic E-state index is 0.158. The Morgan fingerprint density at radius 1 is 1.33 bits per heavy atom. The quantitative estimate of drug-likeness (QED) is 0.856. The van der Waals surface area contributed by atoms with Gasteiger partial charge in [0.05, 0.1) is 6.04 Å². The molecule has 1 fully saturated rings. The maximum atomic E-state index is 6.39. The van der Waals surface area contributed by atoms with Crippen LogP contribution in [0.3, 0.4) is 0 Å². The minimum atomic E-state index is 0.158. The summed E-state index contributed by atoms with van der Waals surface area (Å²) in [7, 11) is 0. The number of benzene rings is 1. The molecule has 0 aromatic heterocycles. The first kappa shape index (κ1) is 14.0. The van der Waals surface area contributed by atoms with Gasteiger partial charge in [-0.15, -0.1) is 0 Å². The molecule has 2 nitrogen and oxygen atoms in total. The van der Waals surface area contributed by atoms with Gasteiger partial charge >= 0.3 is 0 Å². The molecule has 0 saturated carbocycles. The van der Waals surface area contributed by atoms with E-state index in [0.717, 1.165) is 17.4 Å². The van der Waals surface area contributed by atoms with Crippen molar-refractivity contribution in [2.75, 3.05) is 6.54 Å². The molecule has 0 radical (unpaired) electrons. The highest BCUT2D eigenvalue weighted by molar-refractivity contribution is 9.10. The van der Waals surface area contributed by atoms with E-state index in [4.69, 9.17) is 5.73 Å². The Labute approximate surface area is 119 Å². The Bertz CT molecular complexity index is 411. The molecule has 0 spiro atoms. The molecule has 1 aliphatic heterocycles. The first-order chi connectivity index (χ1) is 8.39. The molecule has 1 aromatic carbocycles. The number of halogens is 1. The lowest BCUT2D eigenvalue weighted by Gasteiger charge is -2.47. The fraction of sp³-hybridized carbons (Fsp3) is 0.600. The normalized spacial score (nSPS) is 26.3. The zero-order valence-corrected chi connectivity index (χ0v) is 13.1. The van der Waals surface area contributed by atoms with Crippen LogP contribution in [-0.4, -0.2) is 23.0 Å². The molecule has 1 aromatic rings. The Balaban J connectivity index is 2.36. The number of nitrogens with two attached hydrogens (primary N) is 1. The first-order valence-electron chi connectivity index (χ1n) is 6.67. The minimum Gasteiger partial charge on any atom is -0.326 e. The second-order valence-corrected chi connectivity index (χ2v) is 7.09. The number of rotatable bonds is 1. The van der Waals surface area contributed by atoms with Crippen LogP contribution in [0.5, 0.6) is 0 Å². The average Bonchev–Trinajstić information content (AvgIpc) is 2.27. The van der Waals surface area contributed by atoms with Gasteiger partial charge in [0.25, 0.3) is 0 Å². The second kappa shape index (κ2) is 5.32. The summed E-state index contributed by atoms with van der Waals surface area (Å²) in [4.78, 5) is 2.54. The largest absolute Gasteiger partial charge is 0.326 e. The molecule has 1 saturated heterocycles. The van der Waals surface area contributed by atoms with Crippen LogP contribution in [0.2, 0.25) is 0 Å². The van der Waals surface area contributed by atoms with Crippen molar-refractivity contribution in [1.82, 2.24) is 4.90 Å². The molecule has 0 aliphatic carbocycles.